The van der Waals surface area contributed by atoms with Crippen molar-refractivity contribution in [1.82, 2.24) is 15.3 Å². The quantitative estimate of drug-likeness (QED) is 0.859. The predicted octanol–water partition coefficient (Wildman–Crippen LogP) is 1.36. The van der Waals surface area contributed by atoms with Crippen molar-refractivity contribution in [1.29, 1.82) is 0 Å². The van der Waals surface area contributed by atoms with E-state index in [1.807, 2.05) is 12.3 Å². The molecule has 0 aliphatic heterocycles. The fourth-order valence-electron chi connectivity index (χ4n) is 1.36. The molecule has 0 saturated carbocycles. The molecule has 0 saturated heterocycles. The number of carbonyl (C=O) groups excluding carboxylic acids is 1. The zero-order valence-electron chi connectivity index (χ0n) is 9.30. The molecule has 3 N–H and O–H groups in total. The van der Waals surface area contributed by atoms with Crippen LogP contribution in [-0.2, 0) is 6.54 Å². The van der Waals surface area contributed by atoms with Gasteiger partial charge in [0.25, 0.3) is 5.91 Å². The Balaban J connectivity index is 2.04. The highest BCUT2D eigenvalue weighted by Crippen LogP contribution is 2.11. The van der Waals surface area contributed by atoms with Crippen molar-refractivity contribution < 1.29 is 4.79 Å². The number of nitrogens with one attached hydrogen (secondary N) is 1. The molecule has 2 aromatic rings. The molecule has 0 aliphatic carbocycles. The fraction of sp³-hybridized carbons (Fsp3) is 0.182. The third kappa shape index (κ3) is 2.79. The molecule has 88 valence electrons. The maximum absolute atomic E-state index is 11.8. The van der Waals surface area contributed by atoms with Gasteiger partial charge in [-0.05, 0) is 13.0 Å². The van der Waals surface area contributed by atoms with Gasteiger partial charge in [-0.2, -0.15) is 0 Å². The first-order valence-corrected chi connectivity index (χ1v) is 5.98. The SMILES string of the molecule is Cc1cc(N)c(C(=O)NCc2cscn2)cn1. The summed E-state index contributed by atoms with van der Waals surface area (Å²) in [4.78, 5) is 19.9. The molecular weight excluding hydrogens is 236 g/mol. The molecule has 0 radical (unpaired) electrons. The standard InChI is InChI=1S/C11H12N4OS/c1-7-2-10(12)9(4-13-7)11(16)14-3-8-5-17-6-15-8/h2,4-6H,3H2,1H3,(H2,12,13)(H,14,16). The van der Waals surface area contributed by atoms with Gasteiger partial charge < -0.3 is 11.1 Å². The number of amides is 1. The van der Waals surface area contributed by atoms with Gasteiger partial charge in [-0.1, -0.05) is 0 Å². The Hall–Kier alpha value is -1.95. The molecule has 1 amide bonds. The van der Waals surface area contributed by atoms with Crippen molar-refractivity contribution in [3.8, 4) is 0 Å². The number of nitrogens with two attached hydrogens (primary N) is 1. The Kier molecular flexibility index (Phi) is 3.34. The summed E-state index contributed by atoms with van der Waals surface area (Å²) in [6.45, 7) is 2.23. The topological polar surface area (TPSA) is 80.9 Å². The number of hydrogen-bond acceptors (Lipinski definition) is 5. The van der Waals surface area contributed by atoms with Gasteiger partial charge in [0.15, 0.2) is 0 Å². The lowest BCUT2D eigenvalue weighted by Gasteiger charge is -2.06. The number of aryl methyl sites for hydroxylation is 1. The predicted molar refractivity (Wildman–Crippen MR) is 66.7 cm³/mol. The number of rotatable bonds is 3. The average Bonchev–Trinajstić information content (AvgIpc) is 2.78. The number of anilines is 1. The molecule has 0 aromatic carbocycles. The minimum atomic E-state index is -0.233. The second-order valence-corrected chi connectivity index (χ2v) is 4.29. The van der Waals surface area contributed by atoms with E-state index in [1.54, 1.807) is 11.6 Å². The van der Waals surface area contributed by atoms with Crippen molar-refractivity contribution in [3.05, 3.63) is 40.1 Å². The van der Waals surface area contributed by atoms with Crippen LogP contribution in [0.2, 0.25) is 0 Å². The smallest absolute Gasteiger partial charge is 0.255 e. The van der Waals surface area contributed by atoms with E-state index < -0.39 is 0 Å². The van der Waals surface area contributed by atoms with E-state index >= 15 is 0 Å². The molecule has 2 aromatic heterocycles. The van der Waals surface area contributed by atoms with Crippen LogP contribution in [0.25, 0.3) is 0 Å². The third-order valence-corrected chi connectivity index (χ3v) is 2.87. The summed E-state index contributed by atoms with van der Waals surface area (Å²) in [6, 6.07) is 1.68. The van der Waals surface area contributed by atoms with Crippen molar-refractivity contribution in [2.75, 3.05) is 5.73 Å². The van der Waals surface area contributed by atoms with Crippen LogP contribution in [0.4, 0.5) is 5.69 Å². The van der Waals surface area contributed by atoms with E-state index in [4.69, 9.17) is 5.73 Å². The van der Waals surface area contributed by atoms with E-state index in [0.717, 1.165) is 11.4 Å². The van der Waals surface area contributed by atoms with Crippen LogP contribution in [0.1, 0.15) is 21.7 Å². The van der Waals surface area contributed by atoms with Gasteiger partial charge in [-0.25, -0.2) is 4.98 Å². The molecule has 0 unspecified atom stereocenters. The first-order valence-electron chi connectivity index (χ1n) is 5.04. The highest BCUT2D eigenvalue weighted by Gasteiger charge is 2.10. The summed E-state index contributed by atoms with van der Waals surface area (Å²) in [5.41, 5.74) is 9.94. The number of carbonyl (C=O) groups is 1. The fourth-order valence-corrected chi connectivity index (χ4v) is 1.92. The maximum atomic E-state index is 11.8. The van der Waals surface area contributed by atoms with E-state index in [-0.39, 0.29) is 5.91 Å². The number of nitrogens with zero attached hydrogens (tertiary/aromatic N) is 2. The summed E-state index contributed by atoms with van der Waals surface area (Å²) in [5.74, 6) is -0.233. The lowest BCUT2D eigenvalue weighted by molar-refractivity contribution is 0.0951. The largest absolute Gasteiger partial charge is 0.398 e. The minimum Gasteiger partial charge on any atom is -0.398 e. The van der Waals surface area contributed by atoms with Crippen LogP contribution < -0.4 is 11.1 Å². The summed E-state index contributed by atoms with van der Waals surface area (Å²) in [7, 11) is 0. The molecular formula is C11H12N4OS. The molecule has 0 fully saturated rings. The third-order valence-electron chi connectivity index (χ3n) is 2.23. The number of aromatic nitrogens is 2. The molecule has 0 atom stereocenters. The monoisotopic (exact) mass is 248 g/mol. The molecule has 5 nitrogen and oxygen atoms in total. The van der Waals surface area contributed by atoms with Crippen molar-refractivity contribution in [2.24, 2.45) is 0 Å². The highest BCUT2D eigenvalue weighted by atomic mass is 32.1. The number of thiazole rings is 1. The van der Waals surface area contributed by atoms with Crippen molar-refractivity contribution in [2.45, 2.75) is 13.5 Å². The van der Waals surface area contributed by atoms with Crippen LogP contribution in [0, 0.1) is 6.92 Å². The lowest BCUT2D eigenvalue weighted by Crippen LogP contribution is -2.24. The Morgan fingerprint density at radius 3 is 3.00 bits per heavy atom. The average molecular weight is 248 g/mol. The second kappa shape index (κ2) is 4.92. The molecule has 0 aliphatic rings. The van der Waals surface area contributed by atoms with Crippen LogP contribution in [0.15, 0.2) is 23.2 Å². The van der Waals surface area contributed by atoms with E-state index in [2.05, 4.69) is 15.3 Å². The number of hydrogen-bond donors (Lipinski definition) is 2. The minimum absolute atomic E-state index is 0.233. The van der Waals surface area contributed by atoms with E-state index in [0.29, 0.717) is 17.8 Å². The van der Waals surface area contributed by atoms with Gasteiger partial charge in [0.1, 0.15) is 0 Å². The zero-order chi connectivity index (χ0) is 12.3. The second-order valence-electron chi connectivity index (χ2n) is 3.58. The molecule has 0 spiro atoms. The summed E-state index contributed by atoms with van der Waals surface area (Å²) >= 11 is 1.49. The van der Waals surface area contributed by atoms with Crippen LogP contribution in [0.5, 0.6) is 0 Å². The lowest BCUT2D eigenvalue weighted by atomic mass is 10.2. The normalized spacial score (nSPS) is 10.2. The van der Waals surface area contributed by atoms with Gasteiger partial charge in [-0.15, -0.1) is 11.3 Å². The first-order chi connectivity index (χ1) is 8.16. The summed E-state index contributed by atoms with van der Waals surface area (Å²) in [5, 5.41) is 4.63. The Morgan fingerprint density at radius 2 is 2.35 bits per heavy atom. The molecule has 2 rings (SSSR count). The van der Waals surface area contributed by atoms with Crippen LogP contribution in [0.3, 0.4) is 0 Å². The van der Waals surface area contributed by atoms with Gasteiger partial charge in [-0.3, -0.25) is 9.78 Å². The highest BCUT2D eigenvalue weighted by molar-refractivity contribution is 7.07. The van der Waals surface area contributed by atoms with Crippen molar-refractivity contribution >= 4 is 22.9 Å². The Labute approximate surface area is 103 Å². The first kappa shape index (κ1) is 11.5. The number of nitrogen functional groups attached to an aromatic ring is 1. The number of pyridine rings is 1. The van der Waals surface area contributed by atoms with Crippen LogP contribution >= 0.6 is 11.3 Å². The molecule has 6 heteroatoms. The molecule has 2 heterocycles. The summed E-state index contributed by atoms with van der Waals surface area (Å²) in [6.07, 6.45) is 1.49. The van der Waals surface area contributed by atoms with Gasteiger partial charge >= 0.3 is 0 Å². The van der Waals surface area contributed by atoms with Gasteiger partial charge in [0.05, 0.1) is 23.3 Å². The molecule has 0 bridgehead atoms. The van der Waals surface area contributed by atoms with E-state index in [9.17, 15) is 4.79 Å². The summed E-state index contributed by atoms with van der Waals surface area (Å²) < 4.78 is 0. The van der Waals surface area contributed by atoms with Crippen molar-refractivity contribution in [3.63, 3.8) is 0 Å². The molecule has 17 heavy (non-hydrogen) atoms. The Morgan fingerprint density at radius 1 is 1.53 bits per heavy atom. The van der Waals surface area contributed by atoms with Crippen LogP contribution in [-0.4, -0.2) is 15.9 Å². The Bertz CT molecular complexity index is 524. The van der Waals surface area contributed by atoms with E-state index in [1.165, 1.54) is 17.5 Å². The maximum Gasteiger partial charge on any atom is 0.255 e. The van der Waals surface area contributed by atoms with Gasteiger partial charge in [0, 0.05) is 23.0 Å². The zero-order valence-corrected chi connectivity index (χ0v) is 10.1. The van der Waals surface area contributed by atoms with Gasteiger partial charge in [0.2, 0.25) is 0 Å².